The van der Waals surface area contributed by atoms with Gasteiger partial charge in [-0.05, 0) is 146 Å². The zero-order valence-corrected chi connectivity index (χ0v) is 54.6. The topological polar surface area (TPSA) is 132 Å². The smallest absolute Gasteiger partial charge is 0.164 e. The highest BCUT2D eigenvalue weighted by molar-refractivity contribution is 5.92. The van der Waals surface area contributed by atoms with E-state index in [1.807, 2.05) is 91.1 Å². The lowest BCUT2D eigenvalue weighted by molar-refractivity contribution is 0.436. The Bertz CT molecular complexity index is 6070. The molecule has 3 aromatic heterocycles. The molecule has 20 rings (SSSR count). The van der Waals surface area contributed by atoms with E-state index in [4.69, 9.17) is 44.4 Å². The summed E-state index contributed by atoms with van der Waals surface area (Å²) in [5.41, 5.74) is 23.9. The summed E-state index contributed by atoms with van der Waals surface area (Å²) in [4.78, 5) is 36.3. The number of aromatic nitrogens is 7. The molecule has 13 aromatic carbocycles. The summed E-state index contributed by atoms with van der Waals surface area (Å²) >= 11 is 0. The van der Waals surface area contributed by atoms with Crippen LogP contribution in [0.1, 0.15) is 50.1 Å². The van der Waals surface area contributed by atoms with Gasteiger partial charge in [0.1, 0.15) is 23.0 Å². The van der Waals surface area contributed by atoms with Gasteiger partial charge in [-0.1, -0.05) is 243 Å². The van der Waals surface area contributed by atoms with Gasteiger partial charge in [0.05, 0.1) is 28.2 Å². The van der Waals surface area contributed by atoms with Crippen LogP contribution in [0.5, 0.6) is 23.0 Å². The Balaban J connectivity index is 0.615. The molecule has 0 saturated carbocycles. The zero-order chi connectivity index (χ0) is 67.5. The molecule has 4 aliphatic rings. The maximum atomic E-state index is 9.75. The molecule has 102 heavy (non-hydrogen) atoms. The van der Waals surface area contributed by atoms with Gasteiger partial charge in [0, 0.05) is 67.4 Å². The average Bonchev–Trinajstić information content (AvgIpc) is 1.50. The molecule has 5 heterocycles. The summed E-state index contributed by atoms with van der Waals surface area (Å²) in [6, 6.07) is 114. The molecule has 16 aromatic rings. The number of fused-ring (bicyclic) bond motifs is 18. The van der Waals surface area contributed by atoms with Gasteiger partial charge in [-0.25, -0.2) is 29.9 Å². The molecular weight excluding hydrogens is 1250 g/mol. The number of nitriles is 1. The molecule has 0 saturated heterocycles. The van der Waals surface area contributed by atoms with Crippen molar-refractivity contribution in [1.29, 1.82) is 5.26 Å². The van der Waals surface area contributed by atoms with Crippen LogP contribution in [-0.4, -0.2) is 34.9 Å². The predicted octanol–water partition coefficient (Wildman–Crippen LogP) is 21.3. The van der Waals surface area contributed by atoms with Gasteiger partial charge in [0.25, 0.3) is 0 Å². The lowest BCUT2D eigenvalue weighted by atomic mass is 9.66. The highest BCUT2D eigenvalue weighted by Crippen LogP contribution is 2.64. The number of pyridine rings is 1. The minimum Gasteiger partial charge on any atom is -0.457 e. The van der Waals surface area contributed by atoms with Crippen molar-refractivity contribution in [1.82, 2.24) is 34.9 Å². The van der Waals surface area contributed by atoms with Crippen LogP contribution < -0.4 is 9.47 Å². The zero-order valence-electron chi connectivity index (χ0n) is 54.6. The second kappa shape index (κ2) is 23.1. The Labute approximate surface area is 588 Å². The number of hydrogen-bond acceptors (Lipinski definition) is 10. The molecule has 0 unspecified atom stereocenters. The fourth-order valence-electron chi connectivity index (χ4n) is 16.0. The summed E-state index contributed by atoms with van der Waals surface area (Å²) in [6.07, 6.45) is 1.87. The van der Waals surface area contributed by atoms with Crippen molar-refractivity contribution in [2.45, 2.75) is 10.8 Å². The number of rotatable bonds is 9. The third-order valence-corrected chi connectivity index (χ3v) is 20.7. The van der Waals surface area contributed by atoms with Gasteiger partial charge >= 0.3 is 0 Å². The van der Waals surface area contributed by atoms with Crippen molar-refractivity contribution >= 4 is 0 Å². The molecule has 0 fully saturated rings. The summed E-state index contributed by atoms with van der Waals surface area (Å²) in [6.45, 7) is 0. The van der Waals surface area contributed by atoms with Crippen LogP contribution in [-0.2, 0) is 10.8 Å². The SMILES string of the molecule is N#Cc1ccc(-c2nc(-c3ccc(-c4cc(-c5ccc(-c6cccc(-c7nc(-c8ccccc8)nc(-c8ccc9c(c8)C8(c%10ccccc%10Oc%10ccccc%108)c8ccccc8-9)n7)c6)cc5)ccn4)cc3)nc(-c3ccc4c(c3)C3(c5ccccc5Oc5ccccc53)c3ccccc3-4)n2)cc1. The second-order valence-electron chi connectivity index (χ2n) is 26.1. The van der Waals surface area contributed by atoms with Crippen molar-refractivity contribution in [3.8, 4) is 153 Å². The number of para-hydroxylation sites is 4. The molecule has 0 bridgehead atoms. The molecular formula is C92H54N8O2. The van der Waals surface area contributed by atoms with Crippen LogP contribution in [0.4, 0.5) is 0 Å². The minimum absolute atomic E-state index is 0.493. The Hall–Kier alpha value is -13.9. The van der Waals surface area contributed by atoms with Crippen molar-refractivity contribution in [2.75, 3.05) is 0 Å². The molecule has 0 radical (unpaired) electrons. The van der Waals surface area contributed by atoms with Crippen LogP contribution in [0.3, 0.4) is 0 Å². The first-order valence-electron chi connectivity index (χ1n) is 34.0. The third-order valence-electron chi connectivity index (χ3n) is 20.7. The fraction of sp³-hybridized carbons (Fsp3) is 0.0217. The van der Waals surface area contributed by atoms with Crippen LogP contribution in [0.2, 0.25) is 0 Å². The third kappa shape index (κ3) is 9.08. The molecule has 2 aliphatic heterocycles. The molecule has 0 amide bonds. The van der Waals surface area contributed by atoms with Gasteiger partial charge in [-0.15, -0.1) is 0 Å². The number of ether oxygens (including phenoxy) is 2. The van der Waals surface area contributed by atoms with Gasteiger partial charge < -0.3 is 9.47 Å². The van der Waals surface area contributed by atoms with Crippen LogP contribution >= 0.6 is 0 Å². The van der Waals surface area contributed by atoms with E-state index in [2.05, 4.69) is 231 Å². The summed E-state index contributed by atoms with van der Waals surface area (Å²) < 4.78 is 13.3. The molecule has 10 nitrogen and oxygen atoms in total. The first-order chi connectivity index (χ1) is 50.4. The van der Waals surface area contributed by atoms with Crippen LogP contribution in [0.15, 0.2) is 328 Å². The van der Waals surface area contributed by atoms with Gasteiger partial charge in [0.15, 0.2) is 34.9 Å². The van der Waals surface area contributed by atoms with E-state index in [0.717, 1.165) is 129 Å². The Morgan fingerprint density at radius 1 is 0.235 bits per heavy atom. The second-order valence-corrected chi connectivity index (χ2v) is 26.1. The summed E-state index contributed by atoms with van der Waals surface area (Å²) in [7, 11) is 0. The van der Waals surface area contributed by atoms with E-state index in [0.29, 0.717) is 40.5 Å². The normalized spacial score (nSPS) is 13.2. The van der Waals surface area contributed by atoms with E-state index >= 15 is 0 Å². The first kappa shape index (κ1) is 58.3. The summed E-state index contributed by atoms with van der Waals surface area (Å²) in [5, 5.41) is 9.75. The van der Waals surface area contributed by atoms with E-state index in [-0.39, 0.29) is 0 Å². The first-order valence-corrected chi connectivity index (χ1v) is 34.0. The maximum Gasteiger partial charge on any atom is 0.164 e. The lowest BCUT2D eigenvalue weighted by Gasteiger charge is -2.39. The standard InChI is InChI=1S/C92H54N8O2/c93-55-56-33-35-61(36-34-56)86-95-87(99-89(98-86)66-45-47-70-68-21-4-6-23-72(68)91(78(70)52-66)74-25-8-12-29-81(74)101-82-30-13-9-26-75(82)91)62-43-41-59(42-44-62)80-54-64(49-50-94-80)58-39-37-57(38-40-58)63-19-16-20-65(51-63)88-96-85(60-17-2-1-3-18-60)97-90(100-88)67-46-48-71-69-22-5-7-24-73(69)92(79(71)53-67)76-27-10-14-31-83(76)102-84-32-15-11-28-77(84)92/h1-54H. The Morgan fingerprint density at radius 2 is 0.559 bits per heavy atom. The highest BCUT2D eigenvalue weighted by atomic mass is 16.5. The Morgan fingerprint density at radius 3 is 1.02 bits per heavy atom. The molecule has 0 N–H and O–H groups in total. The minimum atomic E-state index is -0.670. The van der Waals surface area contributed by atoms with Crippen LogP contribution in [0.25, 0.3) is 124 Å². The quantitative estimate of drug-likeness (QED) is 0.138. The van der Waals surface area contributed by atoms with Crippen molar-refractivity contribution < 1.29 is 9.47 Å². The number of hydrogen-bond donors (Lipinski definition) is 0. The molecule has 0 atom stereocenters. The van der Waals surface area contributed by atoms with Crippen molar-refractivity contribution in [3.05, 3.63) is 378 Å². The van der Waals surface area contributed by atoms with E-state index in [1.165, 1.54) is 27.8 Å². The monoisotopic (exact) mass is 1300 g/mol. The largest absolute Gasteiger partial charge is 0.457 e. The molecule has 474 valence electrons. The fourth-order valence-corrected chi connectivity index (χ4v) is 16.0. The Kier molecular flexibility index (Phi) is 13.2. The predicted molar refractivity (Wildman–Crippen MR) is 399 cm³/mol. The number of nitrogens with zero attached hydrogens (tertiary/aromatic N) is 8. The summed E-state index contributed by atoms with van der Waals surface area (Å²) in [5.74, 6) is 6.60. The van der Waals surface area contributed by atoms with Crippen molar-refractivity contribution in [2.24, 2.45) is 0 Å². The van der Waals surface area contributed by atoms with E-state index in [9.17, 15) is 5.26 Å². The van der Waals surface area contributed by atoms with Gasteiger partial charge in [-0.3, -0.25) is 4.98 Å². The molecule has 10 heteroatoms. The number of benzene rings is 13. The molecule has 2 aliphatic carbocycles. The van der Waals surface area contributed by atoms with Crippen molar-refractivity contribution in [3.63, 3.8) is 0 Å². The van der Waals surface area contributed by atoms with E-state index < -0.39 is 10.8 Å². The van der Waals surface area contributed by atoms with E-state index in [1.54, 1.807) is 12.1 Å². The van der Waals surface area contributed by atoms with Crippen LogP contribution in [0, 0.1) is 11.3 Å². The van der Waals surface area contributed by atoms with Gasteiger partial charge in [0.2, 0.25) is 0 Å². The average molecular weight is 1300 g/mol. The lowest BCUT2D eigenvalue weighted by Crippen LogP contribution is -2.32. The maximum absolute atomic E-state index is 9.75. The van der Waals surface area contributed by atoms with Gasteiger partial charge in [-0.2, -0.15) is 5.26 Å². The highest BCUT2D eigenvalue weighted by Gasteiger charge is 2.53. The molecule has 2 spiro atoms.